The van der Waals surface area contributed by atoms with Crippen LogP contribution in [0.1, 0.15) is 37.2 Å². The number of aromatic nitrogens is 2. The number of carbonyl (C=O) groups excluding carboxylic acids is 1. The highest BCUT2D eigenvalue weighted by Gasteiger charge is 2.38. The van der Waals surface area contributed by atoms with Gasteiger partial charge >= 0.3 is 0 Å². The van der Waals surface area contributed by atoms with Crippen LogP contribution in [0.3, 0.4) is 0 Å². The molecule has 1 saturated carbocycles. The van der Waals surface area contributed by atoms with Gasteiger partial charge in [0, 0.05) is 45.3 Å². The molecule has 1 amide bonds. The summed E-state index contributed by atoms with van der Waals surface area (Å²) in [4.78, 5) is 14.8. The van der Waals surface area contributed by atoms with Gasteiger partial charge < -0.3 is 10.2 Å². The van der Waals surface area contributed by atoms with Gasteiger partial charge in [0.25, 0.3) is 0 Å². The van der Waals surface area contributed by atoms with Crippen LogP contribution in [0.2, 0.25) is 0 Å². The summed E-state index contributed by atoms with van der Waals surface area (Å²) in [5.41, 5.74) is 1.18. The zero-order valence-corrected chi connectivity index (χ0v) is 13.6. The number of halogens is 1. The first-order valence-electron chi connectivity index (χ1n) is 7.62. The van der Waals surface area contributed by atoms with E-state index in [4.69, 9.17) is 0 Å². The third-order valence-electron chi connectivity index (χ3n) is 4.90. The molecule has 1 N–H and O–H groups in total. The lowest BCUT2D eigenvalue weighted by molar-refractivity contribution is -0.136. The fraction of sp³-hybridized carbons (Fsp3) is 0.733. The van der Waals surface area contributed by atoms with Crippen LogP contribution in [-0.4, -0.2) is 46.8 Å². The molecule has 3 rings (SSSR count). The normalized spacial score (nSPS) is 25.8. The van der Waals surface area contributed by atoms with Crippen LogP contribution >= 0.6 is 12.4 Å². The number of aryl methyl sites for hydroxylation is 1. The monoisotopic (exact) mass is 312 g/mol. The summed E-state index contributed by atoms with van der Waals surface area (Å²) in [5.74, 6) is 0.626. The van der Waals surface area contributed by atoms with Crippen LogP contribution < -0.4 is 5.32 Å². The Hall–Kier alpha value is -1.07. The van der Waals surface area contributed by atoms with Crippen molar-refractivity contribution in [2.24, 2.45) is 13.0 Å². The van der Waals surface area contributed by atoms with Crippen LogP contribution in [-0.2, 0) is 11.8 Å². The lowest BCUT2D eigenvalue weighted by Gasteiger charge is -2.29. The van der Waals surface area contributed by atoms with Gasteiger partial charge in [-0.1, -0.05) is 12.8 Å². The van der Waals surface area contributed by atoms with Gasteiger partial charge in [0.2, 0.25) is 5.91 Å². The molecule has 2 fully saturated rings. The molecule has 1 saturated heterocycles. The molecular weight excluding hydrogens is 288 g/mol. The maximum atomic E-state index is 12.8. The summed E-state index contributed by atoms with van der Waals surface area (Å²) in [6.45, 7) is 1.66. The first-order valence-corrected chi connectivity index (χ1v) is 7.62. The SMILES string of the molecule is CN(C(=O)[C@H]1CNC[C@@H]1c1cnn(C)c1)C1CCCC1.Cl. The maximum Gasteiger partial charge on any atom is 0.227 e. The molecule has 5 nitrogen and oxygen atoms in total. The lowest BCUT2D eigenvalue weighted by Crippen LogP contribution is -2.41. The molecule has 6 heteroatoms. The minimum atomic E-state index is 0. The van der Waals surface area contributed by atoms with E-state index in [0.29, 0.717) is 11.9 Å². The van der Waals surface area contributed by atoms with Crippen molar-refractivity contribution in [1.82, 2.24) is 20.0 Å². The molecule has 118 valence electrons. The third-order valence-corrected chi connectivity index (χ3v) is 4.90. The number of nitrogens with one attached hydrogen (secondary N) is 1. The molecule has 0 unspecified atom stereocenters. The van der Waals surface area contributed by atoms with Gasteiger partial charge in [-0.15, -0.1) is 12.4 Å². The summed E-state index contributed by atoms with van der Waals surface area (Å²) in [6.07, 6.45) is 8.79. The van der Waals surface area contributed by atoms with Gasteiger partial charge in [-0.2, -0.15) is 5.10 Å². The van der Waals surface area contributed by atoms with E-state index in [2.05, 4.69) is 10.4 Å². The number of carbonyl (C=O) groups is 1. The van der Waals surface area contributed by atoms with Crippen molar-refractivity contribution in [2.45, 2.75) is 37.6 Å². The van der Waals surface area contributed by atoms with E-state index in [1.54, 1.807) is 0 Å². The average molecular weight is 313 g/mol. The predicted molar refractivity (Wildman–Crippen MR) is 84.6 cm³/mol. The molecule has 0 radical (unpaired) electrons. The number of nitrogens with zero attached hydrogens (tertiary/aromatic N) is 3. The topological polar surface area (TPSA) is 50.2 Å². The van der Waals surface area contributed by atoms with Gasteiger partial charge in [-0.3, -0.25) is 9.48 Å². The second kappa shape index (κ2) is 6.79. The fourth-order valence-electron chi connectivity index (χ4n) is 3.65. The molecule has 0 aromatic carbocycles. The Bertz CT molecular complexity index is 484. The van der Waals surface area contributed by atoms with Gasteiger partial charge in [-0.25, -0.2) is 0 Å². The number of hydrogen-bond acceptors (Lipinski definition) is 3. The first kappa shape index (κ1) is 16.3. The lowest BCUT2D eigenvalue weighted by atomic mass is 9.89. The standard InChI is InChI=1S/C15H24N4O.ClH/c1-18-10-11(7-17-18)13-8-16-9-14(13)15(20)19(2)12-5-3-4-6-12;/h7,10,12-14,16H,3-6,8-9H2,1-2H3;1H/t13-,14+;/m1./s1. The molecule has 1 aliphatic heterocycles. The van der Waals surface area contributed by atoms with E-state index < -0.39 is 0 Å². The summed E-state index contributed by atoms with van der Waals surface area (Å²) in [5, 5.41) is 7.61. The highest BCUT2D eigenvalue weighted by atomic mass is 35.5. The van der Waals surface area contributed by atoms with Crippen molar-refractivity contribution >= 4 is 18.3 Å². The number of amides is 1. The van der Waals surface area contributed by atoms with E-state index >= 15 is 0 Å². The second-order valence-electron chi connectivity index (χ2n) is 6.21. The zero-order valence-electron chi connectivity index (χ0n) is 12.8. The Morgan fingerprint density at radius 3 is 2.71 bits per heavy atom. The van der Waals surface area contributed by atoms with Crippen molar-refractivity contribution in [3.8, 4) is 0 Å². The summed E-state index contributed by atoms with van der Waals surface area (Å²) in [6, 6.07) is 0.456. The first-order chi connectivity index (χ1) is 9.66. The van der Waals surface area contributed by atoms with Gasteiger partial charge in [0.05, 0.1) is 12.1 Å². The van der Waals surface area contributed by atoms with E-state index in [-0.39, 0.29) is 24.2 Å². The Labute approximate surface area is 132 Å². The van der Waals surface area contributed by atoms with Crippen LogP contribution in [0, 0.1) is 5.92 Å². The summed E-state index contributed by atoms with van der Waals surface area (Å²) >= 11 is 0. The number of hydrogen-bond donors (Lipinski definition) is 1. The molecular formula is C15H25ClN4O. The fourth-order valence-corrected chi connectivity index (χ4v) is 3.65. The van der Waals surface area contributed by atoms with Crippen LogP contribution in [0.5, 0.6) is 0 Å². The molecule has 2 aliphatic rings. The Balaban J connectivity index is 0.00000161. The van der Waals surface area contributed by atoms with Gasteiger partial charge in [0.15, 0.2) is 0 Å². The van der Waals surface area contributed by atoms with E-state index in [9.17, 15) is 4.79 Å². The van der Waals surface area contributed by atoms with Crippen LogP contribution in [0.15, 0.2) is 12.4 Å². The summed E-state index contributed by atoms with van der Waals surface area (Å²) < 4.78 is 1.82. The minimum absolute atomic E-state index is 0. The van der Waals surface area contributed by atoms with E-state index in [1.807, 2.05) is 36.1 Å². The van der Waals surface area contributed by atoms with Crippen molar-refractivity contribution in [2.75, 3.05) is 20.1 Å². The Morgan fingerprint density at radius 2 is 2.10 bits per heavy atom. The molecule has 0 spiro atoms. The largest absolute Gasteiger partial charge is 0.342 e. The molecule has 1 aromatic rings. The molecule has 0 bridgehead atoms. The van der Waals surface area contributed by atoms with E-state index in [1.165, 1.54) is 31.2 Å². The second-order valence-corrected chi connectivity index (χ2v) is 6.21. The van der Waals surface area contributed by atoms with Gasteiger partial charge in [-0.05, 0) is 18.4 Å². The molecule has 1 aromatic heterocycles. The van der Waals surface area contributed by atoms with Gasteiger partial charge in [0.1, 0.15) is 0 Å². The Morgan fingerprint density at radius 1 is 1.38 bits per heavy atom. The smallest absolute Gasteiger partial charge is 0.227 e. The minimum Gasteiger partial charge on any atom is -0.342 e. The number of rotatable bonds is 3. The highest BCUT2D eigenvalue weighted by Crippen LogP contribution is 2.31. The highest BCUT2D eigenvalue weighted by molar-refractivity contribution is 5.85. The average Bonchev–Trinajstić information content (AvgIpc) is 3.17. The van der Waals surface area contributed by atoms with Crippen molar-refractivity contribution in [1.29, 1.82) is 0 Å². The van der Waals surface area contributed by atoms with Crippen LogP contribution in [0.25, 0.3) is 0 Å². The molecule has 1 aliphatic carbocycles. The van der Waals surface area contributed by atoms with Crippen molar-refractivity contribution in [3.63, 3.8) is 0 Å². The van der Waals surface area contributed by atoms with Crippen LogP contribution in [0.4, 0.5) is 0 Å². The molecule has 2 atom stereocenters. The summed E-state index contributed by atoms with van der Waals surface area (Å²) in [7, 11) is 3.91. The zero-order chi connectivity index (χ0) is 14.1. The third kappa shape index (κ3) is 3.24. The quantitative estimate of drug-likeness (QED) is 0.921. The maximum absolute atomic E-state index is 12.8. The predicted octanol–water partition coefficient (Wildman–Crippen LogP) is 1.55. The molecule has 21 heavy (non-hydrogen) atoms. The molecule has 2 heterocycles. The van der Waals surface area contributed by atoms with Crippen molar-refractivity contribution < 1.29 is 4.79 Å². The van der Waals surface area contributed by atoms with Crippen molar-refractivity contribution in [3.05, 3.63) is 18.0 Å². The Kier molecular flexibility index (Phi) is 5.27. The van der Waals surface area contributed by atoms with E-state index in [0.717, 1.165) is 13.1 Å².